The van der Waals surface area contributed by atoms with Crippen molar-refractivity contribution >= 4 is 32.8 Å². The second-order valence-corrected chi connectivity index (χ2v) is 8.88. The van der Waals surface area contributed by atoms with Crippen LogP contribution in [0.5, 0.6) is 0 Å². The Morgan fingerprint density at radius 2 is 1.77 bits per heavy atom. The molecule has 0 unspecified atom stereocenters. The zero-order chi connectivity index (χ0) is 16.0. The van der Waals surface area contributed by atoms with Gasteiger partial charge in [-0.15, -0.1) is 0 Å². The summed E-state index contributed by atoms with van der Waals surface area (Å²) in [4.78, 5) is 2.58. The van der Waals surface area contributed by atoms with E-state index in [1.807, 2.05) is 0 Å². The third-order valence-corrected chi connectivity index (χ3v) is 6.53. The normalized spacial score (nSPS) is 18.9. The Bertz CT molecular complexity index is 771. The summed E-state index contributed by atoms with van der Waals surface area (Å²) in [7, 11) is -3.52. The van der Waals surface area contributed by atoms with E-state index in [0.29, 0.717) is 24.1 Å². The fraction of sp³-hybridized carbons (Fsp3) is 0.571. The zero-order valence-corrected chi connectivity index (χ0v) is 14.6. The standard InChI is InChI=1S/C14H20N4O2S2/c1-14(2,3)17-7-9-18(10-8-17)22(19,20)12-6-4-5-11-13(12)16-21-15-11/h4-6H,7-10H2,1-3H3. The monoisotopic (exact) mass is 340 g/mol. The molecule has 6 nitrogen and oxygen atoms in total. The number of hydrogen-bond donors (Lipinski definition) is 0. The van der Waals surface area contributed by atoms with Gasteiger partial charge >= 0.3 is 0 Å². The summed E-state index contributed by atoms with van der Waals surface area (Å²) < 4.78 is 35.6. The molecule has 1 fully saturated rings. The molecule has 2 aromatic rings. The largest absolute Gasteiger partial charge is 0.296 e. The molecule has 0 atom stereocenters. The molecule has 8 heteroatoms. The summed E-state index contributed by atoms with van der Waals surface area (Å²) in [5.41, 5.74) is 1.18. The number of piperazine rings is 1. The first-order valence-corrected chi connectivity index (χ1v) is 9.44. The van der Waals surface area contributed by atoms with Gasteiger partial charge in [0, 0.05) is 31.7 Å². The van der Waals surface area contributed by atoms with Crippen LogP contribution in [-0.4, -0.2) is 58.1 Å². The molecule has 1 aliphatic rings. The lowest BCUT2D eigenvalue weighted by Crippen LogP contribution is -2.54. The number of rotatable bonds is 2. The maximum atomic E-state index is 12.9. The molecule has 1 aliphatic heterocycles. The van der Waals surface area contributed by atoms with E-state index in [-0.39, 0.29) is 10.4 Å². The van der Waals surface area contributed by atoms with Crippen molar-refractivity contribution in [1.82, 2.24) is 18.0 Å². The maximum absolute atomic E-state index is 12.9. The Morgan fingerprint density at radius 1 is 1.09 bits per heavy atom. The quantitative estimate of drug-likeness (QED) is 0.834. The SMILES string of the molecule is CC(C)(C)N1CCN(S(=O)(=O)c2cccc3nsnc23)CC1. The minimum absolute atomic E-state index is 0.0642. The molecule has 2 heterocycles. The van der Waals surface area contributed by atoms with E-state index >= 15 is 0 Å². The predicted molar refractivity (Wildman–Crippen MR) is 87.5 cm³/mol. The van der Waals surface area contributed by atoms with Gasteiger partial charge in [-0.25, -0.2) is 8.42 Å². The third kappa shape index (κ3) is 2.76. The molecular formula is C14H20N4O2S2. The van der Waals surface area contributed by atoms with Gasteiger partial charge < -0.3 is 0 Å². The smallest absolute Gasteiger partial charge is 0.245 e. The maximum Gasteiger partial charge on any atom is 0.245 e. The van der Waals surface area contributed by atoms with Crippen LogP contribution in [0.2, 0.25) is 0 Å². The van der Waals surface area contributed by atoms with E-state index in [1.165, 1.54) is 0 Å². The van der Waals surface area contributed by atoms with Crippen molar-refractivity contribution in [3.05, 3.63) is 18.2 Å². The molecular weight excluding hydrogens is 320 g/mol. The van der Waals surface area contributed by atoms with Crippen molar-refractivity contribution in [2.24, 2.45) is 0 Å². The van der Waals surface area contributed by atoms with Gasteiger partial charge in [0.05, 0.1) is 11.7 Å². The van der Waals surface area contributed by atoms with E-state index in [4.69, 9.17) is 0 Å². The van der Waals surface area contributed by atoms with E-state index in [2.05, 4.69) is 34.4 Å². The van der Waals surface area contributed by atoms with Gasteiger partial charge in [-0.05, 0) is 32.9 Å². The highest BCUT2D eigenvalue weighted by Gasteiger charge is 2.33. The molecule has 22 heavy (non-hydrogen) atoms. The topological polar surface area (TPSA) is 66.4 Å². The van der Waals surface area contributed by atoms with E-state index in [9.17, 15) is 8.42 Å². The highest BCUT2D eigenvalue weighted by molar-refractivity contribution is 7.89. The first kappa shape index (κ1) is 15.8. The Hall–Kier alpha value is -1.09. The summed E-state index contributed by atoms with van der Waals surface area (Å²) in [5.74, 6) is 0. The Balaban J connectivity index is 1.87. The molecule has 0 amide bonds. The van der Waals surface area contributed by atoms with Crippen LogP contribution in [0, 0.1) is 0 Å². The summed E-state index contributed by atoms with van der Waals surface area (Å²) in [5, 5.41) is 0. The van der Waals surface area contributed by atoms with Crippen molar-refractivity contribution in [3.8, 4) is 0 Å². The molecule has 0 aliphatic carbocycles. The van der Waals surface area contributed by atoms with Gasteiger partial charge in [0.1, 0.15) is 15.9 Å². The molecule has 0 spiro atoms. The molecule has 0 radical (unpaired) electrons. The van der Waals surface area contributed by atoms with Crippen LogP contribution in [0.1, 0.15) is 20.8 Å². The van der Waals surface area contributed by atoms with Crippen LogP contribution in [0.3, 0.4) is 0 Å². The fourth-order valence-electron chi connectivity index (χ4n) is 2.73. The van der Waals surface area contributed by atoms with Gasteiger partial charge in [0.15, 0.2) is 0 Å². The number of sulfonamides is 1. The van der Waals surface area contributed by atoms with Crippen LogP contribution in [-0.2, 0) is 10.0 Å². The summed E-state index contributed by atoms with van der Waals surface area (Å²) >= 11 is 1.04. The summed E-state index contributed by atoms with van der Waals surface area (Å²) in [6.45, 7) is 8.96. The molecule has 0 N–H and O–H groups in total. The average Bonchev–Trinajstić information content (AvgIpc) is 2.94. The lowest BCUT2D eigenvalue weighted by molar-refractivity contribution is 0.0922. The first-order chi connectivity index (χ1) is 10.3. The van der Waals surface area contributed by atoms with E-state index in [1.54, 1.807) is 22.5 Å². The van der Waals surface area contributed by atoms with Crippen LogP contribution in [0.15, 0.2) is 23.1 Å². The third-order valence-electron chi connectivity index (χ3n) is 4.05. The highest BCUT2D eigenvalue weighted by atomic mass is 32.2. The fourth-order valence-corrected chi connectivity index (χ4v) is 4.90. The second kappa shape index (κ2) is 5.52. The lowest BCUT2D eigenvalue weighted by Gasteiger charge is -2.41. The Kier molecular flexibility index (Phi) is 3.96. The van der Waals surface area contributed by atoms with E-state index < -0.39 is 10.0 Å². The van der Waals surface area contributed by atoms with E-state index in [0.717, 1.165) is 24.8 Å². The molecule has 1 aromatic heterocycles. The van der Waals surface area contributed by atoms with Gasteiger partial charge in [-0.2, -0.15) is 13.1 Å². The molecule has 1 saturated heterocycles. The second-order valence-electron chi connectivity index (χ2n) is 6.45. The minimum Gasteiger partial charge on any atom is -0.296 e. The van der Waals surface area contributed by atoms with Crippen molar-refractivity contribution in [2.75, 3.05) is 26.2 Å². The van der Waals surface area contributed by atoms with Gasteiger partial charge in [-0.1, -0.05) is 6.07 Å². The highest BCUT2D eigenvalue weighted by Crippen LogP contribution is 2.26. The number of aromatic nitrogens is 2. The number of nitrogens with zero attached hydrogens (tertiary/aromatic N) is 4. The average molecular weight is 340 g/mol. The van der Waals surface area contributed by atoms with Gasteiger partial charge in [0.25, 0.3) is 0 Å². The molecule has 0 bridgehead atoms. The number of benzene rings is 1. The minimum atomic E-state index is -3.52. The van der Waals surface area contributed by atoms with Crippen molar-refractivity contribution < 1.29 is 8.42 Å². The van der Waals surface area contributed by atoms with Crippen LogP contribution in [0.4, 0.5) is 0 Å². The van der Waals surface area contributed by atoms with Crippen LogP contribution in [0.25, 0.3) is 11.0 Å². The molecule has 0 saturated carbocycles. The van der Waals surface area contributed by atoms with Gasteiger partial charge in [0.2, 0.25) is 10.0 Å². The molecule has 120 valence electrons. The first-order valence-electron chi connectivity index (χ1n) is 7.26. The van der Waals surface area contributed by atoms with Crippen LogP contribution < -0.4 is 0 Å². The molecule has 3 rings (SSSR count). The Morgan fingerprint density at radius 3 is 2.41 bits per heavy atom. The molecule has 1 aromatic carbocycles. The van der Waals surface area contributed by atoms with Crippen molar-refractivity contribution in [2.45, 2.75) is 31.2 Å². The number of fused-ring (bicyclic) bond motifs is 1. The lowest BCUT2D eigenvalue weighted by atomic mass is 10.1. The predicted octanol–water partition coefficient (Wildman–Crippen LogP) is 1.80. The zero-order valence-electron chi connectivity index (χ0n) is 13.0. The van der Waals surface area contributed by atoms with Gasteiger partial charge in [-0.3, -0.25) is 4.90 Å². The number of hydrogen-bond acceptors (Lipinski definition) is 6. The van der Waals surface area contributed by atoms with Crippen molar-refractivity contribution in [1.29, 1.82) is 0 Å². The Labute approximate surface area is 135 Å². The van der Waals surface area contributed by atoms with Crippen LogP contribution >= 0.6 is 11.7 Å². The van der Waals surface area contributed by atoms with Crippen molar-refractivity contribution in [3.63, 3.8) is 0 Å². The summed E-state index contributed by atoms with van der Waals surface area (Å²) in [6.07, 6.45) is 0. The summed E-state index contributed by atoms with van der Waals surface area (Å²) in [6, 6.07) is 5.13.